The van der Waals surface area contributed by atoms with Crippen LogP contribution >= 0.6 is 0 Å². The molecule has 10 rings (SSSR count). The zero-order chi connectivity index (χ0) is 41.0. The van der Waals surface area contributed by atoms with Crippen LogP contribution in [0.25, 0.3) is 98.8 Å². The van der Waals surface area contributed by atoms with Gasteiger partial charge in [-0.05, 0) is 83.5 Å². The normalized spacial score (nSPS) is 14.5. The van der Waals surface area contributed by atoms with E-state index in [2.05, 4.69) is 48.5 Å². The molecule has 228 valence electrons. The van der Waals surface area contributed by atoms with Crippen molar-refractivity contribution >= 4 is 54.3 Å². The van der Waals surface area contributed by atoms with E-state index in [1.807, 2.05) is 66.7 Å². The summed E-state index contributed by atoms with van der Waals surface area (Å²) in [5.41, 5.74) is 5.67. The Morgan fingerprint density at radius 3 is 1.61 bits per heavy atom. The first-order valence-electron chi connectivity index (χ1n) is 21.0. The molecule has 0 unspecified atom stereocenters. The average Bonchev–Trinajstić information content (AvgIpc) is 3.66. The number of rotatable bonds is 4. The Morgan fingerprint density at radius 2 is 0.918 bits per heavy atom. The molecule has 0 spiro atoms. The van der Waals surface area contributed by atoms with Crippen LogP contribution < -0.4 is 0 Å². The van der Waals surface area contributed by atoms with Crippen LogP contribution in [0.3, 0.4) is 0 Å². The van der Waals surface area contributed by atoms with Crippen molar-refractivity contribution in [2.24, 2.45) is 0 Å². The van der Waals surface area contributed by atoms with Crippen molar-refractivity contribution in [2.75, 3.05) is 0 Å². The molecule has 0 bridgehead atoms. The molecule has 1 nitrogen and oxygen atoms in total. The Balaban J connectivity index is 1.40. The summed E-state index contributed by atoms with van der Waals surface area (Å²) >= 11 is 0. The standard InChI is InChI=1S/C48H30O/c1-3-16-31(17-4-1)33-20-7-9-22-35(33)45-36-23-10-12-25-38(36)46(39-26-13-11-24-37(39)45)41-28-15-29-44-47(41)43-30-42(32-18-5-2-6-19-32)34-21-8-14-27-40(34)48(43)49-44/h1-30H/i2D,5D,6D,8D,14D,18D,19D,21D,27D,30D. The van der Waals surface area contributed by atoms with E-state index >= 15 is 0 Å². The molecule has 0 radical (unpaired) electrons. The van der Waals surface area contributed by atoms with Crippen molar-refractivity contribution in [3.05, 3.63) is 182 Å². The van der Waals surface area contributed by atoms with Crippen molar-refractivity contribution in [3.63, 3.8) is 0 Å². The molecule has 1 heteroatoms. The number of furan rings is 1. The average molecular weight is 633 g/mol. The Morgan fingerprint density at radius 1 is 0.367 bits per heavy atom. The van der Waals surface area contributed by atoms with Crippen LogP contribution in [0.1, 0.15) is 13.7 Å². The van der Waals surface area contributed by atoms with Gasteiger partial charge in [0.25, 0.3) is 0 Å². The molecular weight excluding hydrogens is 593 g/mol. The van der Waals surface area contributed by atoms with Crippen LogP contribution in [-0.4, -0.2) is 0 Å². The van der Waals surface area contributed by atoms with Gasteiger partial charge in [0.15, 0.2) is 0 Å². The minimum Gasteiger partial charge on any atom is -0.455 e. The highest BCUT2D eigenvalue weighted by molar-refractivity contribution is 6.28. The zero-order valence-corrected chi connectivity index (χ0v) is 26.0. The molecule has 0 amide bonds. The third-order valence-corrected chi connectivity index (χ3v) is 9.36. The molecule has 0 N–H and O–H groups in total. The van der Waals surface area contributed by atoms with Gasteiger partial charge in [-0.3, -0.25) is 0 Å². The molecule has 0 saturated carbocycles. The monoisotopic (exact) mass is 632 g/mol. The van der Waals surface area contributed by atoms with E-state index in [1.54, 1.807) is 6.07 Å². The van der Waals surface area contributed by atoms with Crippen LogP contribution in [0.2, 0.25) is 0 Å². The molecule has 0 saturated heterocycles. The highest BCUT2D eigenvalue weighted by Crippen LogP contribution is 2.49. The third kappa shape index (κ3) is 4.26. The van der Waals surface area contributed by atoms with Gasteiger partial charge in [0.2, 0.25) is 0 Å². The van der Waals surface area contributed by atoms with Gasteiger partial charge in [-0.1, -0.05) is 170 Å². The minimum atomic E-state index is -0.626. The summed E-state index contributed by atoms with van der Waals surface area (Å²) in [5, 5.41) is 4.29. The van der Waals surface area contributed by atoms with Crippen molar-refractivity contribution in [3.8, 4) is 44.5 Å². The van der Waals surface area contributed by atoms with E-state index in [4.69, 9.17) is 16.8 Å². The van der Waals surface area contributed by atoms with Gasteiger partial charge >= 0.3 is 0 Å². The van der Waals surface area contributed by atoms with E-state index in [0.29, 0.717) is 16.5 Å². The highest BCUT2D eigenvalue weighted by atomic mass is 16.3. The molecule has 49 heavy (non-hydrogen) atoms. The first-order chi connectivity index (χ1) is 28.5. The number of hydrogen-bond acceptors (Lipinski definition) is 1. The Kier molecular flexibility index (Phi) is 4.39. The molecule has 0 aliphatic heterocycles. The lowest BCUT2D eigenvalue weighted by molar-refractivity contribution is 0.673. The molecule has 1 aromatic heterocycles. The van der Waals surface area contributed by atoms with Crippen molar-refractivity contribution in [1.82, 2.24) is 0 Å². The van der Waals surface area contributed by atoms with Crippen LogP contribution in [0.5, 0.6) is 0 Å². The van der Waals surface area contributed by atoms with Crippen molar-refractivity contribution < 1.29 is 18.1 Å². The SMILES string of the molecule is [2H]c1c([2H])c([2H])c(-c2c([2H])c3c(oc4cccc(-c5c6ccccc6c(-c6ccccc6-c6ccccc6)c6ccccc56)c43)c3c([2H])c([2H])c([2H])c([2H])c23)c([2H])c1[2H]. The molecule has 0 atom stereocenters. The Hall–Kier alpha value is -6.44. The second-order valence-corrected chi connectivity index (χ2v) is 12.0. The summed E-state index contributed by atoms with van der Waals surface area (Å²) in [5.74, 6) is 0. The molecule has 9 aromatic carbocycles. The van der Waals surface area contributed by atoms with Gasteiger partial charge in [0.05, 0.1) is 13.7 Å². The molecule has 0 fully saturated rings. The maximum Gasteiger partial charge on any atom is 0.143 e. The maximum atomic E-state index is 9.93. The van der Waals surface area contributed by atoms with Gasteiger partial charge < -0.3 is 4.42 Å². The zero-order valence-electron chi connectivity index (χ0n) is 36.0. The lowest BCUT2D eigenvalue weighted by Gasteiger charge is -2.20. The molecule has 0 aliphatic rings. The third-order valence-electron chi connectivity index (χ3n) is 9.36. The summed E-state index contributed by atoms with van der Waals surface area (Å²) in [4.78, 5) is 0. The van der Waals surface area contributed by atoms with Gasteiger partial charge in [0, 0.05) is 16.2 Å². The smallest absolute Gasteiger partial charge is 0.143 e. The summed E-state index contributed by atoms with van der Waals surface area (Å²) in [7, 11) is 0. The molecule has 1 heterocycles. The largest absolute Gasteiger partial charge is 0.455 e. The summed E-state index contributed by atoms with van der Waals surface area (Å²) < 4.78 is 95.1. The van der Waals surface area contributed by atoms with Crippen LogP contribution in [0, 0.1) is 0 Å². The number of fused-ring (bicyclic) bond motifs is 7. The number of benzene rings is 9. The summed E-state index contributed by atoms with van der Waals surface area (Å²) in [6.45, 7) is 0. The molecule has 10 aromatic rings. The summed E-state index contributed by atoms with van der Waals surface area (Å²) in [6.07, 6.45) is 0. The second-order valence-electron chi connectivity index (χ2n) is 12.0. The molecule has 0 aliphatic carbocycles. The van der Waals surface area contributed by atoms with Gasteiger partial charge in [0.1, 0.15) is 11.2 Å². The van der Waals surface area contributed by atoms with Crippen molar-refractivity contribution in [2.45, 2.75) is 0 Å². The van der Waals surface area contributed by atoms with Gasteiger partial charge in [-0.25, -0.2) is 0 Å². The Labute approximate surface area is 298 Å². The van der Waals surface area contributed by atoms with E-state index in [-0.39, 0.29) is 38.9 Å². The minimum absolute atomic E-state index is 0.0394. The van der Waals surface area contributed by atoms with Gasteiger partial charge in [-0.15, -0.1) is 0 Å². The second kappa shape index (κ2) is 11.1. The van der Waals surface area contributed by atoms with Crippen LogP contribution in [0.15, 0.2) is 186 Å². The summed E-state index contributed by atoms with van der Waals surface area (Å²) in [6, 6.07) is 35.1. The van der Waals surface area contributed by atoms with E-state index in [1.165, 1.54) is 0 Å². The lowest BCUT2D eigenvalue weighted by Crippen LogP contribution is -1.93. The van der Waals surface area contributed by atoms with E-state index in [9.17, 15) is 1.37 Å². The number of hydrogen-bond donors (Lipinski definition) is 0. The quantitative estimate of drug-likeness (QED) is 0.176. The highest BCUT2D eigenvalue weighted by Gasteiger charge is 2.22. The topological polar surface area (TPSA) is 13.1 Å². The van der Waals surface area contributed by atoms with Gasteiger partial charge in [-0.2, -0.15) is 0 Å². The van der Waals surface area contributed by atoms with Crippen molar-refractivity contribution in [1.29, 1.82) is 0 Å². The first-order valence-corrected chi connectivity index (χ1v) is 16.0. The Bertz CT molecular complexity index is 3360. The van der Waals surface area contributed by atoms with E-state index in [0.717, 1.165) is 49.4 Å². The fourth-order valence-corrected chi connectivity index (χ4v) is 7.35. The van der Waals surface area contributed by atoms with Crippen LogP contribution in [0.4, 0.5) is 0 Å². The van der Waals surface area contributed by atoms with E-state index < -0.39 is 54.4 Å². The maximum absolute atomic E-state index is 9.93. The van der Waals surface area contributed by atoms with Crippen LogP contribution in [-0.2, 0) is 0 Å². The fraction of sp³-hybridized carbons (Fsp3) is 0. The lowest BCUT2D eigenvalue weighted by atomic mass is 9.83. The fourth-order valence-electron chi connectivity index (χ4n) is 7.35. The predicted octanol–water partition coefficient (Wildman–Crippen LogP) is 13.7. The first kappa shape index (κ1) is 19.4. The predicted molar refractivity (Wildman–Crippen MR) is 208 cm³/mol. The molecular formula is C48H30O.